The number of carbonyl (C=O) groups excluding carboxylic acids is 1. The van der Waals surface area contributed by atoms with Gasteiger partial charge in [0.05, 0.1) is 7.11 Å². The number of carbonyl (C=O) groups is 1. The lowest BCUT2D eigenvalue weighted by atomic mass is 10.0. The third kappa shape index (κ3) is 3.73. The van der Waals surface area contributed by atoms with Crippen molar-refractivity contribution in [3.8, 4) is 16.9 Å². The van der Waals surface area contributed by atoms with Crippen LogP contribution in [0, 0.1) is 5.92 Å². The Kier molecular flexibility index (Phi) is 6.27. The van der Waals surface area contributed by atoms with Gasteiger partial charge in [0.1, 0.15) is 11.3 Å². The van der Waals surface area contributed by atoms with Crippen LogP contribution in [0.25, 0.3) is 22.1 Å². The highest BCUT2D eigenvalue weighted by Gasteiger charge is 2.31. The molecule has 1 aromatic heterocycles. The van der Waals surface area contributed by atoms with Gasteiger partial charge >= 0.3 is 0 Å². The van der Waals surface area contributed by atoms with Crippen molar-refractivity contribution in [1.82, 2.24) is 10.2 Å². The van der Waals surface area contributed by atoms with E-state index in [0.717, 1.165) is 42.6 Å². The number of benzene rings is 2. The van der Waals surface area contributed by atoms with Crippen LogP contribution in [0.2, 0.25) is 0 Å². The number of likely N-dealkylation sites (tertiary alicyclic amines) is 1. The molecule has 6 heteroatoms. The van der Waals surface area contributed by atoms with Gasteiger partial charge in [-0.05, 0) is 43.6 Å². The first-order valence-electron chi connectivity index (χ1n) is 9.31. The fourth-order valence-corrected chi connectivity index (χ4v) is 3.86. The van der Waals surface area contributed by atoms with E-state index in [0.29, 0.717) is 23.0 Å². The molecule has 2 aromatic carbocycles. The lowest BCUT2D eigenvalue weighted by Gasteiger charge is -2.16. The minimum Gasteiger partial charge on any atom is -0.497 e. The number of hydrogen-bond donors (Lipinski definition) is 1. The molecule has 0 spiro atoms. The van der Waals surface area contributed by atoms with Crippen LogP contribution >= 0.6 is 12.4 Å². The minimum absolute atomic E-state index is 0. The monoisotopic (exact) mass is 400 g/mol. The first-order chi connectivity index (χ1) is 13.2. The number of furan rings is 1. The summed E-state index contributed by atoms with van der Waals surface area (Å²) in [4.78, 5) is 15.2. The minimum atomic E-state index is -0.0392. The summed E-state index contributed by atoms with van der Waals surface area (Å²) in [6, 6.07) is 15.7. The van der Waals surface area contributed by atoms with Gasteiger partial charge in [-0.3, -0.25) is 4.79 Å². The van der Waals surface area contributed by atoms with E-state index in [4.69, 9.17) is 9.15 Å². The van der Waals surface area contributed by atoms with Crippen LogP contribution < -0.4 is 10.1 Å². The molecule has 148 valence electrons. The topological polar surface area (TPSA) is 54.7 Å². The van der Waals surface area contributed by atoms with E-state index >= 15 is 0 Å². The van der Waals surface area contributed by atoms with Gasteiger partial charge in [0.25, 0.3) is 5.91 Å². The van der Waals surface area contributed by atoms with Crippen LogP contribution in [-0.4, -0.2) is 44.6 Å². The van der Waals surface area contributed by atoms with Crippen LogP contribution in [0.1, 0.15) is 17.0 Å². The third-order valence-electron chi connectivity index (χ3n) is 5.22. The average Bonchev–Trinajstić information content (AvgIpc) is 3.32. The number of ether oxygens (including phenoxy) is 1. The maximum atomic E-state index is 13.3. The molecule has 1 N–H and O–H groups in total. The predicted molar refractivity (Wildman–Crippen MR) is 113 cm³/mol. The number of halogens is 1. The molecule has 0 radical (unpaired) electrons. The Labute approximate surface area is 171 Å². The van der Waals surface area contributed by atoms with Crippen molar-refractivity contribution in [2.75, 3.05) is 33.8 Å². The molecular formula is C22H25ClN2O3. The third-order valence-corrected chi connectivity index (χ3v) is 5.22. The van der Waals surface area contributed by atoms with Crippen LogP contribution in [0.4, 0.5) is 0 Å². The Hall–Kier alpha value is -2.50. The largest absolute Gasteiger partial charge is 0.497 e. The SMILES string of the molecule is CNCC1CCN(C(=O)c2oc3cc(OC)ccc3c2-c2ccccc2)C1.Cl. The van der Waals surface area contributed by atoms with Crippen molar-refractivity contribution in [2.45, 2.75) is 6.42 Å². The number of amides is 1. The highest BCUT2D eigenvalue weighted by molar-refractivity contribution is 6.08. The summed E-state index contributed by atoms with van der Waals surface area (Å²) in [6.45, 7) is 2.45. The molecule has 2 heterocycles. The lowest BCUT2D eigenvalue weighted by Crippen LogP contribution is -2.30. The van der Waals surface area contributed by atoms with E-state index in [1.54, 1.807) is 7.11 Å². The lowest BCUT2D eigenvalue weighted by molar-refractivity contribution is 0.0759. The van der Waals surface area contributed by atoms with Crippen molar-refractivity contribution in [1.29, 1.82) is 0 Å². The van der Waals surface area contributed by atoms with E-state index in [1.807, 2.05) is 60.5 Å². The van der Waals surface area contributed by atoms with E-state index in [1.165, 1.54) is 0 Å². The zero-order valence-electron chi connectivity index (χ0n) is 16.1. The standard InChI is InChI=1S/C22H24N2O3.ClH/c1-23-13-15-10-11-24(14-15)22(25)21-20(16-6-4-3-5-7-16)18-9-8-17(26-2)12-19(18)27-21;/h3-9,12,15,23H,10-11,13-14H2,1-2H3;1H. The van der Waals surface area contributed by atoms with Crippen molar-refractivity contribution in [2.24, 2.45) is 5.92 Å². The maximum absolute atomic E-state index is 13.3. The van der Waals surface area contributed by atoms with Gasteiger partial charge in [0.2, 0.25) is 5.76 Å². The van der Waals surface area contributed by atoms with Crippen molar-refractivity contribution in [3.05, 3.63) is 54.3 Å². The summed E-state index contributed by atoms with van der Waals surface area (Å²) in [7, 11) is 3.57. The van der Waals surface area contributed by atoms with Gasteiger partial charge in [-0.25, -0.2) is 0 Å². The summed E-state index contributed by atoms with van der Waals surface area (Å²) in [6.07, 6.45) is 1.02. The second-order valence-corrected chi connectivity index (χ2v) is 7.00. The molecular weight excluding hydrogens is 376 g/mol. The number of nitrogens with zero attached hydrogens (tertiary/aromatic N) is 1. The number of rotatable bonds is 5. The maximum Gasteiger partial charge on any atom is 0.290 e. The molecule has 28 heavy (non-hydrogen) atoms. The molecule has 1 fully saturated rings. The fraction of sp³-hybridized carbons (Fsp3) is 0.318. The average molecular weight is 401 g/mol. The quantitative estimate of drug-likeness (QED) is 0.697. The summed E-state index contributed by atoms with van der Waals surface area (Å²) in [5.74, 6) is 1.57. The molecule has 0 aliphatic carbocycles. The molecule has 3 aromatic rings. The first-order valence-corrected chi connectivity index (χ1v) is 9.31. The highest BCUT2D eigenvalue weighted by Crippen LogP contribution is 2.37. The number of methoxy groups -OCH3 is 1. The zero-order chi connectivity index (χ0) is 18.8. The fourth-order valence-electron chi connectivity index (χ4n) is 3.86. The van der Waals surface area contributed by atoms with Gasteiger partial charge in [0, 0.05) is 30.1 Å². The predicted octanol–water partition coefficient (Wildman–Crippen LogP) is 4.21. The molecule has 5 nitrogen and oxygen atoms in total. The zero-order valence-corrected chi connectivity index (χ0v) is 16.9. The summed E-state index contributed by atoms with van der Waals surface area (Å²) in [5.41, 5.74) is 2.51. The number of hydrogen-bond acceptors (Lipinski definition) is 4. The molecule has 0 saturated carbocycles. The molecule has 0 bridgehead atoms. The molecule has 1 aliphatic rings. The normalized spacial score (nSPS) is 16.2. The second kappa shape index (κ2) is 8.67. The van der Waals surface area contributed by atoms with Gasteiger partial charge in [-0.15, -0.1) is 12.4 Å². The second-order valence-electron chi connectivity index (χ2n) is 7.00. The molecule has 1 saturated heterocycles. The van der Waals surface area contributed by atoms with Crippen LogP contribution in [-0.2, 0) is 0 Å². The Morgan fingerprint density at radius 2 is 2.04 bits per heavy atom. The van der Waals surface area contributed by atoms with E-state index in [9.17, 15) is 4.79 Å². The van der Waals surface area contributed by atoms with Crippen LogP contribution in [0.5, 0.6) is 5.75 Å². The van der Waals surface area contributed by atoms with Gasteiger partial charge < -0.3 is 19.4 Å². The summed E-state index contributed by atoms with van der Waals surface area (Å²) < 4.78 is 11.4. The molecule has 4 rings (SSSR count). The first kappa shape index (κ1) is 20.2. The van der Waals surface area contributed by atoms with E-state index < -0.39 is 0 Å². The Morgan fingerprint density at radius 1 is 1.25 bits per heavy atom. The molecule has 1 aliphatic heterocycles. The highest BCUT2D eigenvalue weighted by atomic mass is 35.5. The Balaban J connectivity index is 0.00000225. The van der Waals surface area contributed by atoms with E-state index in [2.05, 4.69) is 5.32 Å². The Bertz CT molecular complexity index is 955. The van der Waals surface area contributed by atoms with Crippen LogP contribution in [0.15, 0.2) is 52.9 Å². The molecule has 1 unspecified atom stereocenters. The van der Waals surface area contributed by atoms with Crippen molar-refractivity contribution >= 4 is 29.3 Å². The molecule has 1 atom stereocenters. The smallest absolute Gasteiger partial charge is 0.290 e. The van der Waals surface area contributed by atoms with Crippen molar-refractivity contribution in [3.63, 3.8) is 0 Å². The number of fused-ring (bicyclic) bond motifs is 1. The van der Waals surface area contributed by atoms with E-state index in [-0.39, 0.29) is 18.3 Å². The van der Waals surface area contributed by atoms with Gasteiger partial charge in [0.15, 0.2) is 0 Å². The van der Waals surface area contributed by atoms with Crippen molar-refractivity contribution < 1.29 is 13.9 Å². The number of nitrogens with one attached hydrogen (secondary N) is 1. The summed E-state index contributed by atoms with van der Waals surface area (Å²) >= 11 is 0. The summed E-state index contributed by atoms with van der Waals surface area (Å²) in [5, 5.41) is 4.13. The van der Waals surface area contributed by atoms with Gasteiger partial charge in [-0.1, -0.05) is 30.3 Å². The van der Waals surface area contributed by atoms with Crippen LogP contribution in [0.3, 0.4) is 0 Å². The Morgan fingerprint density at radius 3 is 2.75 bits per heavy atom. The molecule has 1 amide bonds. The van der Waals surface area contributed by atoms with Gasteiger partial charge in [-0.2, -0.15) is 0 Å².